The Kier molecular flexibility index (Phi) is 7.45. The molecule has 142 valence electrons. The summed E-state index contributed by atoms with van der Waals surface area (Å²) in [5, 5.41) is 3.18. The molecule has 0 unspecified atom stereocenters. The molecule has 0 radical (unpaired) electrons. The number of carbonyl (C=O) groups excluding carboxylic acids is 3. The van der Waals surface area contributed by atoms with Crippen LogP contribution in [0.15, 0.2) is 24.3 Å². The van der Waals surface area contributed by atoms with Gasteiger partial charge in [0.25, 0.3) is 11.8 Å². The van der Waals surface area contributed by atoms with Gasteiger partial charge in [0, 0.05) is 29.2 Å². The molecule has 1 aliphatic rings. The monoisotopic (exact) mass is 380 g/mol. The fourth-order valence-corrected chi connectivity index (χ4v) is 3.31. The molecule has 2 amide bonds. The molecule has 26 heavy (non-hydrogen) atoms. The predicted molar refractivity (Wildman–Crippen MR) is 99.0 cm³/mol. The van der Waals surface area contributed by atoms with Crippen LogP contribution in [0.2, 0.25) is 5.02 Å². The van der Waals surface area contributed by atoms with Crippen molar-refractivity contribution < 1.29 is 19.1 Å². The summed E-state index contributed by atoms with van der Waals surface area (Å²) in [6.45, 7) is 3.92. The Morgan fingerprint density at radius 3 is 2.38 bits per heavy atom. The minimum Gasteiger partial charge on any atom is -0.456 e. The first kappa shape index (κ1) is 20.2. The van der Waals surface area contributed by atoms with Crippen LogP contribution < -0.4 is 5.32 Å². The highest BCUT2D eigenvalue weighted by molar-refractivity contribution is 6.30. The molecule has 1 aromatic rings. The Labute approximate surface area is 158 Å². The van der Waals surface area contributed by atoms with Gasteiger partial charge in [-0.1, -0.05) is 11.6 Å². The van der Waals surface area contributed by atoms with Crippen LogP contribution in [0, 0.1) is 0 Å². The van der Waals surface area contributed by atoms with Gasteiger partial charge in [0.2, 0.25) is 0 Å². The van der Waals surface area contributed by atoms with E-state index in [-0.39, 0.29) is 43.5 Å². The predicted octanol–water partition coefficient (Wildman–Crippen LogP) is 2.79. The zero-order chi connectivity index (χ0) is 19.1. The van der Waals surface area contributed by atoms with Crippen LogP contribution in [0.25, 0.3) is 0 Å². The largest absolute Gasteiger partial charge is 0.456 e. The highest BCUT2D eigenvalue weighted by Crippen LogP contribution is 2.22. The minimum absolute atomic E-state index is 0.0116. The second-order valence-electron chi connectivity index (χ2n) is 6.60. The zero-order valence-corrected chi connectivity index (χ0v) is 15.9. The molecular weight excluding hydrogens is 356 g/mol. The Hall–Kier alpha value is -2.08. The standard InChI is InChI=1S/C19H25ClN2O4/c1-13-4-3-5-14(2)22(13)17(23)12-26-18(24)10-11-21-19(25)15-6-8-16(20)9-7-15/h6-9,13-14H,3-5,10-12H2,1-2H3,(H,21,25)/t13-,14-/m0/s1. The zero-order valence-electron chi connectivity index (χ0n) is 15.2. The van der Waals surface area contributed by atoms with E-state index >= 15 is 0 Å². The lowest BCUT2D eigenvalue weighted by molar-refractivity contribution is -0.154. The Morgan fingerprint density at radius 2 is 1.77 bits per heavy atom. The number of likely N-dealkylation sites (tertiary alicyclic amines) is 1. The van der Waals surface area contributed by atoms with Crippen molar-refractivity contribution in [3.05, 3.63) is 34.9 Å². The molecule has 0 bridgehead atoms. The normalized spacial score (nSPS) is 19.7. The molecule has 0 aromatic heterocycles. The highest BCUT2D eigenvalue weighted by atomic mass is 35.5. The Bertz CT molecular complexity index is 637. The van der Waals surface area contributed by atoms with Crippen LogP contribution in [0.3, 0.4) is 0 Å². The van der Waals surface area contributed by atoms with Gasteiger partial charge in [-0.05, 0) is 57.4 Å². The van der Waals surface area contributed by atoms with Gasteiger partial charge in [-0.2, -0.15) is 0 Å². The van der Waals surface area contributed by atoms with E-state index in [1.807, 2.05) is 13.8 Å². The van der Waals surface area contributed by atoms with Crippen molar-refractivity contribution >= 4 is 29.4 Å². The molecule has 2 atom stereocenters. The number of nitrogens with one attached hydrogen (secondary N) is 1. The van der Waals surface area contributed by atoms with Crippen LogP contribution in [0.4, 0.5) is 0 Å². The van der Waals surface area contributed by atoms with Gasteiger partial charge >= 0.3 is 5.97 Å². The lowest BCUT2D eigenvalue weighted by Crippen LogP contribution is -2.49. The smallest absolute Gasteiger partial charge is 0.308 e. The van der Waals surface area contributed by atoms with E-state index in [1.165, 1.54) is 0 Å². The van der Waals surface area contributed by atoms with E-state index in [0.29, 0.717) is 10.6 Å². The molecule has 6 nitrogen and oxygen atoms in total. The number of benzene rings is 1. The maximum atomic E-state index is 12.3. The van der Waals surface area contributed by atoms with Crippen molar-refractivity contribution in [2.45, 2.75) is 51.6 Å². The summed E-state index contributed by atoms with van der Waals surface area (Å²) in [6, 6.07) is 6.80. The maximum absolute atomic E-state index is 12.3. The SMILES string of the molecule is C[C@H]1CCC[C@H](C)N1C(=O)COC(=O)CCNC(=O)c1ccc(Cl)cc1. The number of nitrogens with zero attached hydrogens (tertiary/aromatic N) is 1. The summed E-state index contributed by atoms with van der Waals surface area (Å²) in [4.78, 5) is 37.8. The van der Waals surface area contributed by atoms with Crippen molar-refractivity contribution in [1.29, 1.82) is 0 Å². The number of rotatable bonds is 6. The third kappa shape index (κ3) is 5.73. The van der Waals surface area contributed by atoms with Gasteiger partial charge in [-0.25, -0.2) is 0 Å². The van der Waals surface area contributed by atoms with Gasteiger partial charge in [0.1, 0.15) is 0 Å². The van der Waals surface area contributed by atoms with Crippen LogP contribution in [-0.4, -0.2) is 47.9 Å². The summed E-state index contributed by atoms with van der Waals surface area (Å²) in [7, 11) is 0. The van der Waals surface area contributed by atoms with Crippen LogP contribution in [-0.2, 0) is 14.3 Å². The van der Waals surface area contributed by atoms with Crippen LogP contribution >= 0.6 is 11.6 Å². The molecule has 0 saturated carbocycles. The van der Waals surface area contributed by atoms with Gasteiger partial charge in [0.15, 0.2) is 6.61 Å². The molecular formula is C19H25ClN2O4. The average molecular weight is 381 g/mol. The molecule has 0 aliphatic carbocycles. The van der Waals surface area contributed by atoms with Crippen molar-refractivity contribution in [2.24, 2.45) is 0 Å². The first-order valence-electron chi connectivity index (χ1n) is 8.89. The second kappa shape index (κ2) is 9.57. The third-order valence-corrected chi connectivity index (χ3v) is 4.81. The second-order valence-corrected chi connectivity index (χ2v) is 7.04. The van der Waals surface area contributed by atoms with Crippen molar-refractivity contribution in [3.63, 3.8) is 0 Å². The summed E-state index contributed by atoms with van der Waals surface area (Å²) in [5.41, 5.74) is 0.464. The van der Waals surface area contributed by atoms with Crippen LogP contribution in [0.5, 0.6) is 0 Å². The first-order valence-corrected chi connectivity index (χ1v) is 9.27. The number of esters is 1. The summed E-state index contributed by atoms with van der Waals surface area (Å²) in [6.07, 6.45) is 3.07. The molecule has 0 spiro atoms. The first-order chi connectivity index (χ1) is 12.4. The minimum atomic E-state index is -0.507. The van der Waals surface area contributed by atoms with Gasteiger partial charge in [-0.15, -0.1) is 0 Å². The fourth-order valence-electron chi connectivity index (χ4n) is 3.18. The van der Waals surface area contributed by atoms with Gasteiger partial charge in [0.05, 0.1) is 6.42 Å². The highest BCUT2D eigenvalue weighted by Gasteiger charge is 2.29. The molecule has 1 aliphatic heterocycles. The molecule has 1 N–H and O–H groups in total. The van der Waals surface area contributed by atoms with Gasteiger partial charge in [-0.3, -0.25) is 14.4 Å². The molecule has 1 aromatic carbocycles. The van der Waals surface area contributed by atoms with Crippen molar-refractivity contribution in [1.82, 2.24) is 10.2 Å². The number of piperidine rings is 1. The maximum Gasteiger partial charge on any atom is 0.308 e. The average Bonchev–Trinajstić information content (AvgIpc) is 2.60. The topological polar surface area (TPSA) is 75.7 Å². The number of ether oxygens (including phenoxy) is 1. The number of halogens is 1. The number of carbonyl (C=O) groups is 3. The van der Waals surface area contributed by atoms with E-state index in [1.54, 1.807) is 29.2 Å². The summed E-state index contributed by atoms with van der Waals surface area (Å²) >= 11 is 5.77. The van der Waals surface area contributed by atoms with E-state index < -0.39 is 5.97 Å². The van der Waals surface area contributed by atoms with E-state index in [2.05, 4.69) is 5.32 Å². The molecule has 2 rings (SSSR count). The molecule has 1 saturated heterocycles. The van der Waals surface area contributed by atoms with Crippen LogP contribution in [0.1, 0.15) is 49.9 Å². The van der Waals surface area contributed by atoms with E-state index in [0.717, 1.165) is 19.3 Å². The lowest BCUT2D eigenvalue weighted by atomic mass is 9.97. The lowest BCUT2D eigenvalue weighted by Gasteiger charge is -2.38. The quantitative estimate of drug-likeness (QED) is 0.770. The third-order valence-electron chi connectivity index (χ3n) is 4.56. The summed E-state index contributed by atoms with van der Waals surface area (Å²) < 4.78 is 5.06. The van der Waals surface area contributed by atoms with Crippen molar-refractivity contribution in [3.8, 4) is 0 Å². The van der Waals surface area contributed by atoms with E-state index in [9.17, 15) is 14.4 Å². The molecule has 1 fully saturated rings. The van der Waals surface area contributed by atoms with Crippen molar-refractivity contribution in [2.75, 3.05) is 13.2 Å². The Morgan fingerprint density at radius 1 is 1.15 bits per heavy atom. The molecule has 7 heteroatoms. The fraction of sp³-hybridized carbons (Fsp3) is 0.526. The molecule has 1 heterocycles. The number of amides is 2. The number of hydrogen-bond donors (Lipinski definition) is 1. The van der Waals surface area contributed by atoms with E-state index in [4.69, 9.17) is 16.3 Å². The Balaban J connectivity index is 1.69. The van der Waals surface area contributed by atoms with Gasteiger partial charge < -0.3 is 15.0 Å². The summed E-state index contributed by atoms with van der Waals surface area (Å²) in [5.74, 6) is -0.961. The number of hydrogen-bond acceptors (Lipinski definition) is 4.